The van der Waals surface area contributed by atoms with Crippen molar-refractivity contribution >= 4 is 0 Å². The van der Waals surface area contributed by atoms with Gasteiger partial charge < -0.3 is 0 Å². The zero-order chi connectivity index (χ0) is 12.4. The molecule has 0 aliphatic carbocycles. The van der Waals surface area contributed by atoms with Gasteiger partial charge in [0.1, 0.15) is 0 Å². The lowest BCUT2D eigenvalue weighted by Gasteiger charge is -2.16. The highest BCUT2D eigenvalue weighted by Crippen LogP contribution is 2.31. The molecule has 0 spiro atoms. The summed E-state index contributed by atoms with van der Waals surface area (Å²) >= 11 is 0. The van der Waals surface area contributed by atoms with E-state index in [1.165, 1.54) is 22.3 Å². The molecule has 0 bridgehead atoms. The Labute approximate surface area is 104 Å². The van der Waals surface area contributed by atoms with E-state index >= 15 is 0 Å². The van der Waals surface area contributed by atoms with Crippen molar-refractivity contribution in [1.82, 2.24) is 4.98 Å². The molecular formula is C16H19N. The van der Waals surface area contributed by atoms with E-state index in [4.69, 9.17) is 0 Å². The van der Waals surface area contributed by atoms with Gasteiger partial charge in [0, 0.05) is 11.8 Å². The molecule has 0 atom stereocenters. The molecule has 1 nitrogen and oxygen atoms in total. The molecule has 1 aromatic carbocycles. The largest absolute Gasteiger partial charge is 0.256 e. The van der Waals surface area contributed by atoms with Crippen LogP contribution < -0.4 is 0 Å². The molecule has 0 amide bonds. The second-order valence-electron chi connectivity index (χ2n) is 4.91. The van der Waals surface area contributed by atoms with E-state index in [0.717, 1.165) is 5.69 Å². The first-order valence-electron chi connectivity index (χ1n) is 6.12. The molecule has 88 valence electrons. The van der Waals surface area contributed by atoms with Gasteiger partial charge in [-0.1, -0.05) is 31.5 Å². The second-order valence-corrected chi connectivity index (χ2v) is 4.91. The zero-order valence-corrected chi connectivity index (χ0v) is 11.0. The van der Waals surface area contributed by atoms with Crippen LogP contribution in [-0.2, 0) is 0 Å². The van der Waals surface area contributed by atoms with Crippen molar-refractivity contribution in [1.29, 1.82) is 0 Å². The van der Waals surface area contributed by atoms with Crippen LogP contribution in [0.1, 0.15) is 36.5 Å². The SMILES string of the molecule is Cc1cc(C)c(C(C)C)c(-c2ccccn2)c1. The lowest BCUT2D eigenvalue weighted by molar-refractivity contribution is 0.857. The fraction of sp³-hybridized carbons (Fsp3) is 0.312. The summed E-state index contributed by atoms with van der Waals surface area (Å²) in [6.07, 6.45) is 1.86. The molecule has 2 rings (SSSR count). The Kier molecular flexibility index (Phi) is 3.28. The van der Waals surface area contributed by atoms with Gasteiger partial charge in [-0.3, -0.25) is 4.98 Å². The molecule has 2 aromatic rings. The Morgan fingerprint density at radius 2 is 1.82 bits per heavy atom. The van der Waals surface area contributed by atoms with E-state index in [2.05, 4.69) is 50.9 Å². The third-order valence-corrected chi connectivity index (χ3v) is 3.05. The van der Waals surface area contributed by atoms with Crippen LogP contribution in [0.3, 0.4) is 0 Å². The van der Waals surface area contributed by atoms with Crippen molar-refractivity contribution in [3.8, 4) is 11.3 Å². The Morgan fingerprint density at radius 3 is 2.41 bits per heavy atom. The minimum Gasteiger partial charge on any atom is -0.256 e. The van der Waals surface area contributed by atoms with E-state index in [9.17, 15) is 0 Å². The van der Waals surface area contributed by atoms with Crippen LogP contribution in [0.15, 0.2) is 36.5 Å². The summed E-state index contributed by atoms with van der Waals surface area (Å²) in [5.74, 6) is 0.521. The maximum absolute atomic E-state index is 4.47. The predicted octanol–water partition coefficient (Wildman–Crippen LogP) is 4.49. The van der Waals surface area contributed by atoms with Crippen LogP contribution in [0.4, 0.5) is 0 Å². The third-order valence-electron chi connectivity index (χ3n) is 3.05. The first-order chi connectivity index (χ1) is 8.09. The normalized spacial score (nSPS) is 10.9. The zero-order valence-electron chi connectivity index (χ0n) is 11.0. The maximum atomic E-state index is 4.47. The van der Waals surface area contributed by atoms with Gasteiger partial charge in [-0.15, -0.1) is 0 Å². The smallest absolute Gasteiger partial charge is 0.0705 e. The molecule has 0 saturated carbocycles. The summed E-state index contributed by atoms with van der Waals surface area (Å²) in [4.78, 5) is 4.47. The summed E-state index contributed by atoms with van der Waals surface area (Å²) < 4.78 is 0. The first-order valence-corrected chi connectivity index (χ1v) is 6.12. The lowest BCUT2D eigenvalue weighted by Crippen LogP contribution is -1.98. The lowest BCUT2D eigenvalue weighted by atomic mass is 9.89. The van der Waals surface area contributed by atoms with Crippen molar-refractivity contribution in [3.05, 3.63) is 53.2 Å². The van der Waals surface area contributed by atoms with Crippen molar-refractivity contribution < 1.29 is 0 Å². The molecule has 0 saturated heterocycles. The van der Waals surface area contributed by atoms with Crippen LogP contribution in [0.2, 0.25) is 0 Å². The molecule has 0 N–H and O–H groups in total. The van der Waals surface area contributed by atoms with Gasteiger partial charge >= 0.3 is 0 Å². The van der Waals surface area contributed by atoms with Crippen LogP contribution >= 0.6 is 0 Å². The van der Waals surface area contributed by atoms with E-state index < -0.39 is 0 Å². The number of rotatable bonds is 2. The highest BCUT2D eigenvalue weighted by Gasteiger charge is 2.12. The Bertz CT molecular complexity index is 513. The van der Waals surface area contributed by atoms with Gasteiger partial charge in [-0.25, -0.2) is 0 Å². The molecule has 0 fully saturated rings. The van der Waals surface area contributed by atoms with Crippen molar-refractivity contribution in [3.63, 3.8) is 0 Å². The summed E-state index contributed by atoms with van der Waals surface area (Å²) in [5.41, 5.74) is 6.42. The number of hydrogen-bond donors (Lipinski definition) is 0. The van der Waals surface area contributed by atoms with Crippen LogP contribution in [0, 0.1) is 13.8 Å². The summed E-state index contributed by atoms with van der Waals surface area (Å²) in [6, 6.07) is 10.6. The minimum absolute atomic E-state index is 0.521. The summed E-state index contributed by atoms with van der Waals surface area (Å²) in [6.45, 7) is 8.81. The molecule has 17 heavy (non-hydrogen) atoms. The van der Waals surface area contributed by atoms with Crippen molar-refractivity contribution in [2.24, 2.45) is 0 Å². The molecule has 1 heterocycles. The number of aryl methyl sites for hydroxylation is 2. The quantitative estimate of drug-likeness (QED) is 0.734. The molecule has 1 heteroatoms. The van der Waals surface area contributed by atoms with Gasteiger partial charge in [0.15, 0.2) is 0 Å². The number of hydrogen-bond acceptors (Lipinski definition) is 1. The van der Waals surface area contributed by atoms with Gasteiger partial charge in [0.25, 0.3) is 0 Å². The number of nitrogens with zero attached hydrogens (tertiary/aromatic N) is 1. The Hall–Kier alpha value is -1.63. The summed E-state index contributed by atoms with van der Waals surface area (Å²) in [5, 5.41) is 0. The topological polar surface area (TPSA) is 12.9 Å². The number of benzene rings is 1. The standard InChI is InChI=1S/C16H19N/c1-11(2)16-13(4)9-12(3)10-14(16)15-7-5-6-8-17-15/h5-11H,1-4H3. The van der Waals surface area contributed by atoms with Gasteiger partial charge in [0.05, 0.1) is 5.69 Å². The molecule has 0 aliphatic heterocycles. The third kappa shape index (κ3) is 2.38. The minimum atomic E-state index is 0.521. The average molecular weight is 225 g/mol. The second kappa shape index (κ2) is 4.70. The van der Waals surface area contributed by atoms with Crippen LogP contribution in [0.5, 0.6) is 0 Å². The molecule has 0 aliphatic rings. The molecule has 0 radical (unpaired) electrons. The van der Waals surface area contributed by atoms with Crippen LogP contribution in [-0.4, -0.2) is 4.98 Å². The van der Waals surface area contributed by atoms with Crippen LogP contribution in [0.25, 0.3) is 11.3 Å². The van der Waals surface area contributed by atoms with Crippen molar-refractivity contribution in [2.45, 2.75) is 33.6 Å². The predicted molar refractivity (Wildman–Crippen MR) is 73.2 cm³/mol. The molecule has 0 unspecified atom stereocenters. The molecular weight excluding hydrogens is 206 g/mol. The van der Waals surface area contributed by atoms with Gasteiger partial charge in [-0.05, 0) is 49.1 Å². The van der Waals surface area contributed by atoms with Gasteiger partial charge in [0.2, 0.25) is 0 Å². The number of aromatic nitrogens is 1. The van der Waals surface area contributed by atoms with E-state index in [1.54, 1.807) is 0 Å². The van der Waals surface area contributed by atoms with Gasteiger partial charge in [-0.2, -0.15) is 0 Å². The van der Waals surface area contributed by atoms with E-state index in [0.29, 0.717) is 5.92 Å². The molecule has 1 aromatic heterocycles. The summed E-state index contributed by atoms with van der Waals surface area (Å²) in [7, 11) is 0. The fourth-order valence-corrected chi connectivity index (χ4v) is 2.48. The van der Waals surface area contributed by atoms with E-state index in [-0.39, 0.29) is 0 Å². The fourth-order valence-electron chi connectivity index (χ4n) is 2.48. The van der Waals surface area contributed by atoms with E-state index in [1.807, 2.05) is 18.3 Å². The highest BCUT2D eigenvalue weighted by atomic mass is 14.7. The first kappa shape index (κ1) is 11.8. The Balaban J connectivity index is 2.68. The highest BCUT2D eigenvalue weighted by molar-refractivity contribution is 5.67. The average Bonchev–Trinajstić information content (AvgIpc) is 2.28. The van der Waals surface area contributed by atoms with Crippen molar-refractivity contribution in [2.75, 3.05) is 0 Å². The monoisotopic (exact) mass is 225 g/mol. The number of pyridine rings is 1. The maximum Gasteiger partial charge on any atom is 0.0705 e. The Morgan fingerprint density at radius 1 is 1.06 bits per heavy atom.